The summed E-state index contributed by atoms with van der Waals surface area (Å²) < 4.78 is 5.42. The number of thiophene rings is 1. The Morgan fingerprint density at radius 1 is 1.59 bits per heavy atom. The maximum Gasteiger partial charge on any atom is 0.410 e. The normalized spacial score (nSPS) is 22.2. The zero-order valence-corrected chi connectivity index (χ0v) is 14.2. The quantitative estimate of drug-likeness (QED) is 0.929. The van der Waals surface area contributed by atoms with Crippen LogP contribution in [-0.2, 0) is 11.3 Å². The topological polar surface area (TPSA) is 65.4 Å². The number of piperidine rings is 1. The lowest BCUT2D eigenvalue weighted by atomic mass is 9.90. The van der Waals surface area contributed by atoms with E-state index in [1.165, 1.54) is 4.88 Å². The van der Waals surface area contributed by atoms with Crippen molar-refractivity contribution >= 4 is 17.4 Å². The number of nitriles is 1. The summed E-state index contributed by atoms with van der Waals surface area (Å²) in [5, 5.41) is 15.0. The fourth-order valence-electron chi connectivity index (χ4n) is 2.48. The molecular formula is C16H23N3O2S. The van der Waals surface area contributed by atoms with Gasteiger partial charge in [0.2, 0.25) is 0 Å². The summed E-state index contributed by atoms with van der Waals surface area (Å²) in [5.74, 6) is 0. The van der Waals surface area contributed by atoms with Crippen LogP contribution in [0, 0.1) is 11.3 Å². The number of hydrogen-bond donors (Lipinski definition) is 1. The van der Waals surface area contributed by atoms with E-state index in [0.29, 0.717) is 19.6 Å². The molecule has 1 aromatic heterocycles. The molecule has 0 aliphatic carbocycles. The standard InChI is InChI=1S/C16H23N3O2S/c1-15(2,3)21-14(20)19-8-5-7-16(11-17,12-19)18-10-13-6-4-9-22-13/h4,6,9,18H,5,7-8,10,12H2,1-3H3. The SMILES string of the molecule is CC(C)(C)OC(=O)N1CCCC(C#N)(NCc2cccs2)C1. The zero-order valence-electron chi connectivity index (χ0n) is 13.4. The summed E-state index contributed by atoms with van der Waals surface area (Å²) in [6.07, 6.45) is 1.20. The van der Waals surface area contributed by atoms with Gasteiger partial charge in [-0.2, -0.15) is 5.26 Å². The summed E-state index contributed by atoms with van der Waals surface area (Å²) in [5.41, 5.74) is -1.21. The predicted octanol–water partition coefficient (Wildman–Crippen LogP) is 3.13. The number of ether oxygens (including phenoxy) is 1. The van der Waals surface area contributed by atoms with Crippen LogP contribution >= 0.6 is 11.3 Å². The Balaban J connectivity index is 2.00. The second kappa shape index (κ2) is 6.67. The van der Waals surface area contributed by atoms with Crippen LogP contribution in [0.3, 0.4) is 0 Å². The van der Waals surface area contributed by atoms with E-state index in [1.807, 2.05) is 38.3 Å². The van der Waals surface area contributed by atoms with E-state index in [9.17, 15) is 10.1 Å². The van der Waals surface area contributed by atoms with Crippen LogP contribution in [0.25, 0.3) is 0 Å². The Morgan fingerprint density at radius 2 is 2.36 bits per heavy atom. The molecule has 1 unspecified atom stereocenters. The minimum Gasteiger partial charge on any atom is -0.444 e. The zero-order chi connectivity index (χ0) is 16.2. The van der Waals surface area contributed by atoms with Crippen molar-refractivity contribution in [2.45, 2.75) is 51.3 Å². The molecule has 1 aliphatic rings. The molecular weight excluding hydrogens is 298 g/mol. The Kier molecular flexibility index (Phi) is 5.09. The molecule has 0 saturated carbocycles. The van der Waals surface area contributed by atoms with Crippen LogP contribution in [0.2, 0.25) is 0 Å². The van der Waals surface area contributed by atoms with Crippen LogP contribution in [0.5, 0.6) is 0 Å². The van der Waals surface area contributed by atoms with E-state index in [1.54, 1.807) is 16.2 Å². The highest BCUT2D eigenvalue weighted by atomic mass is 32.1. The molecule has 1 aliphatic heterocycles. The lowest BCUT2D eigenvalue weighted by molar-refractivity contribution is 0.0150. The van der Waals surface area contributed by atoms with Crippen molar-refractivity contribution in [1.82, 2.24) is 10.2 Å². The van der Waals surface area contributed by atoms with Crippen molar-refractivity contribution in [3.63, 3.8) is 0 Å². The van der Waals surface area contributed by atoms with Gasteiger partial charge in [0, 0.05) is 18.0 Å². The molecule has 0 radical (unpaired) electrons. The van der Waals surface area contributed by atoms with Gasteiger partial charge >= 0.3 is 6.09 Å². The molecule has 2 rings (SSSR count). The Labute approximate surface area is 135 Å². The van der Waals surface area contributed by atoms with Crippen LogP contribution in [0.15, 0.2) is 17.5 Å². The van der Waals surface area contributed by atoms with Gasteiger partial charge in [-0.1, -0.05) is 6.07 Å². The molecule has 2 heterocycles. The molecule has 1 amide bonds. The summed E-state index contributed by atoms with van der Waals surface area (Å²) in [6, 6.07) is 6.41. The molecule has 1 fully saturated rings. The monoisotopic (exact) mass is 321 g/mol. The Hall–Kier alpha value is -1.58. The number of carbonyl (C=O) groups is 1. The van der Waals surface area contributed by atoms with Gasteiger partial charge < -0.3 is 9.64 Å². The Morgan fingerprint density at radius 3 is 2.95 bits per heavy atom. The summed E-state index contributed by atoms with van der Waals surface area (Å²) in [6.45, 7) is 7.19. The van der Waals surface area contributed by atoms with E-state index in [4.69, 9.17) is 4.74 Å². The van der Waals surface area contributed by atoms with Crippen molar-refractivity contribution in [3.05, 3.63) is 22.4 Å². The van der Waals surface area contributed by atoms with Gasteiger partial charge in [0.1, 0.15) is 11.1 Å². The Bertz CT molecular complexity index is 545. The molecule has 5 nitrogen and oxygen atoms in total. The first-order valence-corrected chi connectivity index (χ1v) is 8.38. The van der Waals surface area contributed by atoms with Gasteiger partial charge in [-0.25, -0.2) is 4.79 Å². The average molecular weight is 321 g/mol. The molecule has 120 valence electrons. The maximum atomic E-state index is 12.2. The third-order valence-corrected chi connectivity index (χ3v) is 4.42. The number of amides is 1. The van der Waals surface area contributed by atoms with E-state index in [2.05, 4.69) is 11.4 Å². The fraction of sp³-hybridized carbons (Fsp3) is 0.625. The largest absolute Gasteiger partial charge is 0.444 e. The second-order valence-corrected chi connectivity index (χ2v) is 7.66. The first-order valence-electron chi connectivity index (χ1n) is 7.50. The van der Waals surface area contributed by atoms with Gasteiger partial charge in [-0.15, -0.1) is 11.3 Å². The number of hydrogen-bond acceptors (Lipinski definition) is 5. The lowest BCUT2D eigenvalue weighted by Gasteiger charge is -2.39. The second-order valence-electron chi connectivity index (χ2n) is 6.63. The van der Waals surface area contributed by atoms with Crippen LogP contribution in [0.4, 0.5) is 4.79 Å². The third kappa shape index (κ3) is 4.46. The van der Waals surface area contributed by atoms with Gasteiger partial charge in [-0.05, 0) is 45.1 Å². The number of rotatable bonds is 3. The highest BCUT2D eigenvalue weighted by Gasteiger charge is 2.38. The lowest BCUT2D eigenvalue weighted by Crippen LogP contribution is -2.57. The molecule has 1 aromatic rings. The number of carbonyl (C=O) groups excluding carboxylic acids is 1. The van der Waals surface area contributed by atoms with Crippen LogP contribution < -0.4 is 5.32 Å². The molecule has 6 heteroatoms. The van der Waals surface area contributed by atoms with Gasteiger partial charge in [-0.3, -0.25) is 5.32 Å². The predicted molar refractivity (Wildman–Crippen MR) is 86.5 cm³/mol. The minimum absolute atomic E-state index is 0.343. The average Bonchev–Trinajstić information content (AvgIpc) is 2.97. The molecule has 0 bridgehead atoms. The van der Waals surface area contributed by atoms with Crippen molar-refractivity contribution in [3.8, 4) is 6.07 Å². The van der Waals surface area contributed by atoms with E-state index in [-0.39, 0.29) is 6.09 Å². The first-order chi connectivity index (χ1) is 10.3. The molecule has 0 spiro atoms. The van der Waals surface area contributed by atoms with E-state index in [0.717, 1.165) is 12.8 Å². The van der Waals surface area contributed by atoms with Crippen LogP contribution in [0.1, 0.15) is 38.5 Å². The smallest absolute Gasteiger partial charge is 0.410 e. The summed E-state index contributed by atoms with van der Waals surface area (Å²) in [4.78, 5) is 15.0. The molecule has 1 atom stereocenters. The van der Waals surface area contributed by atoms with E-state index < -0.39 is 11.1 Å². The molecule has 0 aromatic carbocycles. The van der Waals surface area contributed by atoms with Gasteiger partial charge in [0.25, 0.3) is 0 Å². The number of likely N-dealkylation sites (tertiary alicyclic amines) is 1. The first kappa shape index (κ1) is 16.8. The number of nitrogens with one attached hydrogen (secondary N) is 1. The van der Waals surface area contributed by atoms with Crippen LogP contribution in [-0.4, -0.2) is 35.2 Å². The minimum atomic E-state index is -0.695. The van der Waals surface area contributed by atoms with Gasteiger partial charge in [0.05, 0.1) is 12.6 Å². The van der Waals surface area contributed by atoms with Crippen molar-refractivity contribution in [2.24, 2.45) is 0 Å². The maximum absolute atomic E-state index is 12.2. The van der Waals surface area contributed by atoms with Crippen molar-refractivity contribution in [2.75, 3.05) is 13.1 Å². The third-order valence-electron chi connectivity index (χ3n) is 3.54. The number of nitrogens with zero attached hydrogens (tertiary/aromatic N) is 2. The van der Waals surface area contributed by atoms with Crippen molar-refractivity contribution < 1.29 is 9.53 Å². The molecule has 22 heavy (non-hydrogen) atoms. The summed E-state index contributed by atoms with van der Waals surface area (Å²) >= 11 is 1.66. The van der Waals surface area contributed by atoms with Gasteiger partial charge in [0.15, 0.2) is 0 Å². The molecule has 1 N–H and O–H groups in total. The summed E-state index contributed by atoms with van der Waals surface area (Å²) in [7, 11) is 0. The fourth-order valence-corrected chi connectivity index (χ4v) is 3.13. The van der Waals surface area contributed by atoms with E-state index >= 15 is 0 Å². The highest BCUT2D eigenvalue weighted by molar-refractivity contribution is 7.09. The van der Waals surface area contributed by atoms with Crippen molar-refractivity contribution in [1.29, 1.82) is 5.26 Å². The molecule has 1 saturated heterocycles. The highest BCUT2D eigenvalue weighted by Crippen LogP contribution is 2.23.